The van der Waals surface area contributed by atoms with E-state index in [1.54, 1.807) is 6.26 Å². The van der Waals surface area contributed by atoms with Gasteiger partial charge in [0.05, 0.1) is 17.5 Å². The molecular weight excluding hydrogens is 337 g/mol. The number of pyridine rings is 1. The molecule has 3 heterocycles. The zero-order valence-electron chi connectivity index (χ0n) is 12.9. The molecule has 5 nitrogen and oxygen atoms in total. The van der Waals surface area contributed by atoms with Gasteiger partial charge in [0, 0.05) is 12.6 Å². The van der Waals surface area contributed by atoms with Crippen molar-refractivity contribution in [1.29, 1.82) is 0 Å². The molecule has 23 heavy (non-hydrogen) atoms. The number of hydrogen-bond acceptors (Lipinski definition) is 4. The van der Waals surface area contributed by atoms with Crippen LogP contribution in [0.3, 0.4) is 0 Å². The maximum atomic E-state index is 12.3. The predicted octanol–water partition coefficient (Wildman–Crippen LogP) is 2.98. The Morgan fingerprint density at radius 1 is 1.35 bits per heavy atom. The first-order valence-corrected chi connectivity index (χ1v) is 7.27. The number of halogens is 2. The first-order valence-electron chi connectivity index (χ1n) is 7.27. The van der Waals surface area contributed by atoms with Crippen LogP contribution in [0.2, 0.25) is 0 Å². The molecular formula is C16H21Cl2N3O2. The third-order valence-corrected chi connectivity index (χ3v) is 3.74. The van der Waals surface area contributed by atoms with Crippen LogP contribution in [0.1, 0.15) is 28.9 Å². The summed E-state index contributed by atoms with van der Waals surface area (Å²) < 4.78 is 5.33. The first kappa shape index (κ1) is 19.5. The number of nitrogens with one attached hydrogen (secondary N) is 2. The number of hydrogen-bond donors (Lipinski definition) is 2. The minimum absolute atomic E-state index is 0. The van der Waals surface area contributed by atoms with Crippen LogP contribution >= 0.6 is 24.8 Å². The van der Waals surface area contributed by atoms with Crippen LogP contribution in [0.15, 0.2) is 34.9 Å². The Hall–Kier alpha value is -1.56. The predicted molar refractivity (Wildman–Crippen MR) is 94.5 cm³/mol. The minimum atomic E-state index is -0.0558. The first-order chi connectivity index (χ1) is 10.2. The Morgan fingerprint density at radius 3 is 2.78 bits per heavy atom. The summed E-state index contributed by atoms with van der Waals surface area (Å²) in [4.78, 5) is 16.8. The topological polar surface area (TPSA) is 67.2 Å². The van der Waals surface area contributed by atoms with E-state index in [-0.39, 0.29) is 36.8 Å². The van der Waals surface area contributed by atoms with E-state index < -0.39 is 0 Å². The van der Waals surface area contributed by atoms with Crippen LogP contribution in [0.4, 0.5) is 0 Å². The number of rotatable bonds is 3. The van der Waals surface area contributed by atoms with Crippen molar-refractivity contribution in [2.75, 3.05) is 13.1 Å². The normalized spacial score (nSPS) is 16.8. The molecule has 0 bridgehead atoms. The van der Waals surface area contributed by atoms with E-state index in [1.807, 2.05) is 31.2 Å². The molecule has 3 rings (SSSR count). The SMILES string of the molecule is Cc1nc(-c2ccco2)ccc1C(=O)NC1CCCNC1.Cl.Cl. The van der Waals surface area contributed by atoms with Gasteiger partial charge in [-0.15, -0.1) is 24.8 Å². The molecule has 0 saturated carbocycles. The molecule has 7 heteroatoms. The molecule has 0 aliphatic carbocycles. The van der Waals surface area contributed by atoms with Crippen LogP contribution in [0.5, 0.6) is 0 Å². The van der Waals surface area contributed by atoms with Gasteiger partial charge in [-0.05, 0) is 50.6 Å². The second-order valence-electron chi connectivity index (χ2n) is 5.32. The van der Waals surface area contributed by atoms with Crippen LogP contribution in [0.25, 0.3) is 11.5 Å². The van der Waals surface area contributed by atoms with Crippen LogP contribution in [-0.4, -0.2) is 30.0 Å². The molecule has 1 aliphatic rings. The van der Waals surface area contributed by atoms with Gasteiger partial charge in [-0.25, -0.2) is 4.98 Å². The highest BCUT2D eigenvalue weighted by molar-refractivity contribution is 5.95. The highest BCUT2D eigenvalue weighted by atomic mass is 35.5. The fourth-order valence-corrected chi connectivity index (χ4v) is 2.60. The van der Waals surface area contributed by atoms with Crippen molar-refractivity contribution in [3.8, 4) is 11.5 Å². The van der Waals surface area contributed by atoms with Gasteiger partial charge >= 0.3 is 0 Å². The summed E-state index contributed by atoms with van der Waals surface area (Å²) >= 11 is 0. The van der Waals surface area contributed by atoms with Gasteiger partial charge in [-0.1, -0.05) is 0 Å². The molecule has 1 unspecified atom stereocenters. The van der Waals surface area contributed by atoms with Gasteiger partial charge in [0.25, 0.3) is 5.91 Å². The monoisotopic (exact) mass is 357 g/mol. The van der Waals surface area contributed by atoms with Gasteiger partial charge in [0.2, 0.25) is 0 Å². The Bertz CT molecular complexity index is 626. The lowest BCUT2D eigenvalue weighted by Gasteiger charge is -2.24. The molecule has 1 aliphatic heterocycles. The average Bonchev–Trinajstić information content (AvgIpc) is 3.02. The van der Waals surface area contributed by atoms with E-state index >= 15 is 0 Å². The lowest BCUT2D eigenvalue weighted by Crippen LogP contribution is -2.45. The summed E-state index contributed by atoms with van der Waals surface area (Å²) in [5.41, 5.74) is 2.08. The number of nitrogens with zero attached hydrogens (tertiary/aromatic N) is 1. The fourth-order valence-electron chi connectivity index (χ4n) is 2.60. The Kier molecular flexibility index (Phi) is 7.55. The minimum Gasteiger partial charge on any atom is -0.463 e. The Labute approximate surface area is 148 Å². The number of amides is 1. The summed E-state index contributed by atoms with van der Waals surface area (Å²) in [6.45, 7) is 3.72. The molecule has 0 radical (unpaired) electrons. The number of piperidine rings is 1. The summed E-state index contributed by atoms with van der Waals surface area (Å²) in [6.07, 6.45) is 3.73. The smallest absolute Gasteiger partial charge is 0.253 e. The maximum absolute atomic E-state index is 12.3. The molecule has 126 valence electrons. The summed E-state index contributed by atoms with van der Waals surface area (Å²) in [7, 11) is 0. The van der Waals surface area contributed by atoms with Gasteiger partial charge in [0.15, 0.2) is 5.76 Å². The van der Waals surface area contributed by atoms with Crippen molar-refractivity contribution in [3.05, 3.63) is 41.8 Å². The molecule has 2 N–H and O–H groups in total. The number of carbonyl (C=O) groups is 1. The third-order valence-electron chi connectivity index (χ3n) is 3.74. The largest absolute Gasteiger partial charge is 0.463 e. The maximum Gasteiger partial charge on any atom is 0.253 e. The number of aryl methyl sites for hydroxylation is 1. The zero-order valence-corrected chi connectivity index (χ0v) is 14.5. The second kappa shape index (κ2) is 8.91. The molecule has 1 amide bonds. The fraction of sp³-hybridized carbons (Fsp3) is 0.375. The van der Waals surface area contributed by atoms with Gasteiger partial charge < -0.3 is 15.1 Å². The van der Waals surface area contributed by atoms with Crippen molar-refractivity contribution in [1.82, 2.24) is 15.6 Å². The lowest BCUT2D eigenvalue weighted by molar-refractivity contribution is 0.0929. The lowest BCUT2D eigenvalue weighted by atomic mass is 10.1. The standard InChI is InChI=1S/C16H19N3O2.2ClH/c1-11-13(16(20)19-12-4-2-8-17-10-12)6-7-14(18-11)15-5-3-9-21-15;;/h3,5-7,9,12,17H,2,4,8,10H2,1H3,(H,19,20);2*1H. The second-order valence-corrected chi connectivity index (χ2v) is 5.32. The van der Waals surface area contributed by atoms with Crippen molar-refractivity contribution >= 4 is 30.7 Å². The van der Waals surface area contributed by atoms with Crippen LogP contribution < -0.4 is 10.6 Å². The molecule has 0 spiro atoms. The molecule has 2 aromatic rings. The van der Waals surface area contributed by atoms with E-state index in [0.29, 0.717) is 17.0 Å². The summed E-state index contributed by atoms with van der Waals surface area (Å²) in [5.74, 6) is 0.654. The highest BCUT2D eigenvalue weighted by Gasteiger charge is 2.18. The van der Waals surface area contributed by atoms with E-state index in [2.05, 4.69) is 15.6 Å². The van der Waals surface area contributed by atoms with Gasteiger partial charge in [-0.3, -0.25) is 4.79 Å². The average molecular weight is 358 g/mol. The molecule has 1 saturated heterocycles. The van der Waals surface area contributed by atoms with E-state index in [1.165, 1.54) is 0 Å². The molecule has 1 fully saturated rings. The summed E-state index contributed by atoms with van der Waals surface area (Å²) in [5, 5.41) is 6.36. The number of furan rings is 1. The quantitative estimate of drug-likeness (QED) is 0.885. The Balaban J connectivity index is 0.00000132. The van der Waals surface area contributed by atoms with E-state index in [0.717, 1.165) is 31.6 Å². The van der Waals surface area contributed by atoms with Crippen LogP contribution in [-0.2, 0) is 0 Å². The van der Waals surface area contributed by atoms with Crippen LogP contribution in [0, 0.1) is 6.92 Å². The van der Waals surface area contributed by atoms with Crippen molar-refractivity contribution in [2.45, 2.75) is 25.8 Å². The zero-order chi connectivity index (χ0) is 14.7. The molecule has 1 atom stereocenters. The van der Waals surface area contributed by atoms with E-state index in [4.69, 9.17) is 4.42 Å². The van der Waals surface area contributed by atoms with Gasteiger partial charge in [0.1, 0.15) is 5.69 Å². The highest BCUT2D eigenvalue weighted by Crippen LogP contribution is 2.19. The van der Waals surface area contributed by atoms with Crippen molar-refractivity contribution < 1.29 is 9.21 Å². The Morgan fingerprint density at radius 2 is 2.17 bits per heavy atom. The van der Waals surface area contributed by atoms with Crippen molar-refractivity contribution in [2.24, 2.45) is 0 Å². The summed E-state index contributed by atoms with van der Waals surface area (Å²) in [6, 6.07) is 7.51. The van der Waals surface area contributed by atoms with Gasteiger partial charge in [-0.2, -0.15) is 0 Å². The molecule has 0 aromatic carbocycles. The number of carbonyl (C=O) groups excluding carboxylic acids is 1. The third kappa shape index (κ3) is 4.70. The van der Waals surface area contributed by atoms with Crippen molar-refractivity contribution in [3.63, 3.8) is 0 Å². The number of aromatic nitrogens is 1. The van der Waals surface area contributed by atoms with E-state index in [9.17, 15) is 4.79 Å². The molecule has 2 aromatic heterocycles.